The highest BCUT2D eigenvalue weighted by Gasteiger charge is 2.19. The number of nitro groups is 1. The molecule has 25 heavy (non-hydrogen) atoms. The molecule has 0 saturated carbocycles. The van der Waals surface area contributed by atoms with Crippen molar-refractivity contribution in [1.29, 1.82) is 0 Å². The standard InChI is InChI=1S/C15H13FN6O3/c1-21-8-9(7-18-21)11-3-4-17-15(19-11)20-12-6-13(22(23)24)10(16)5-14(12)25-2/h3-8H,1-2H3,(H,17,19,20). The van der Waals surface area contributed by atoms with E-state index in [4.69, 9.17) is 4.74 Å². The van der Waals surface area contributed by atoms with E-state index in [-0.39, 0.29) is 17.4 Å². The molecular formula is C15H13FN6O3. The van der Waals surface area contributed by atoms with Crippen molar-refractivity contribution in [3.8, 4) is 17.0 Å². The van der Waals surface area contributed by atoms with Crippen LogP contribution in [0.15, 0.2) is 36.8 Å². The summed E-state index contributed by atoms with van der Waals surface area (Å²) in [5, 5.41) is 17.8. The number of nitrogens with zero attached hydrogens (tertiary/aromatic N) is 5. The van der Waals surface area contributed by atoms with Crippen LogP contribution in [0.2, 0.25) is 0 Å². The van der Waals surface area contributed by atoms with Crippen LogP contribution in [0.25, 0.3) is 11.3 Å². The van der Waals surface area contributed by atoms with E-state index in [1.165, 1.54) is 13.3 Å². The summed E-state index contributed by atoms with van der Waals surface area (Å²) >= 11 is 0. The van der Waals surface area contributed by atoms with Gasteiger partial charge in [-0.2, -0.15) is 9.49 Å². The molecule has 1 aromatic carbocycles. The highest BCUT2D eigenvalue weighted by molar-refractivity contribution is 5.68. The Morgan fingerprint density at radius 1 is 1.40 bits per heavy atom. The van der Waals surface area contributed by atoms with Gasteiger partial charge >= 0.3 is 5.69 Å². The van der Waals surface area contributed by atoms with Crippen molar-refractivity contribution in [2.24, 2.45) is 7.05 Å². The average Bonchev–Trinajstić information content (AvgIpc) is 3.02. The van der Waals surface area contributed by atoms with Crippen LogP contribution in [0.3, 0.4) is 0 Å². The van der Waals surface area contributed by atoms with Crippen molar-refractivity contribution in [3.63, 3.8) is 0 Å². The Morgan fingerprint density at radius 2 is 2.20 bits per heavy atom. The quantitative estimate of drug-likeness (QED) is 0.560. The Balaban J connectivity index is 1.97. The molecule has 0 aliphatic heterocycles. The Bertz CT molecular complexity index is 943. The molecule has 1 N–H and O–H groups in total. The van der Waals surface area contributed by atoms with E-state index < -0.39 is 16.4 Å². The van der Waals surface area contributed by atoms with Gasteiger partial charge in [-0.25, -0.2) is 9.97 Å². The minimum absolute atomic E-state index is 0.0958. The molecule has 0 radical (unpaired) electrons. The lowest BCUT2D eigenvalue weighted by Crippen LogP contribution is -2.02. The lowest BCUT2D eigenvalue weighted by molar-refractivity contribution is -0.387. The Kier molecular flexibility index (Phi) is 4.25. The van der Waals surface area contributed by atoms with Crippen LogP contribution in [0.5, 0.6) is 5.75 Å². The average molecular weight is 344 g/mol. The fraction of sp³-hybridized carbons (Fsp3) is 0.133. The normalized spacial score (nSPS) is 10.5. The molecule has 0 aliphatic rings. The zero-order chi connectivity index (χ0) is 18.0. The second-order valence-corrected chi connectivity index (χ2v) is 5.05. The summed E-state index contributed by atoms with van der Waals surface area (Å²) in [6.45, 7) is 0. The highest BCUT2D eigenvalue weighted by atomic mass is 19.1. The number of halogens is 1. The number of ether oxygens (including phenoxy) is 1. The third kappa shape index (κ3) is 3.37. The van der Waals surface area contributed by atoms with Crippen LogP contribution in [-0.2, 0) is 7.05 Å². The second-order valence-electron chi connectivity index (χ2n) is 5.05. The number of hydrogen-bond acceptors (Lipinski definition) is 7. The first-order valence-electron chi connectivity index (χ1n) is 7.09. The topological polar surface area (TPSA) is 108 Å². The van der Waals surface area contributed by atoms with E-state index in [9.17, 15) is 14.5 Å². The number of aromatic nitrogens is 4. The van der Waals surface area contributed by atoms with E-state index in [2.05, 4.69) is 20.4 Å². The lowest BCUT2D eigenvalue weighted by atomic mass is 10.2. The second kappa shape index (κ2) is 6.51. The van der Waals surface area contributed by atoms with Crippen molar-refractivity contribution in [2.75, 3.05) is 12.4 Å². The van der Waals surface area contributed by atoms with Gasteiger partial charge < -0.3 is 10.1 Å². The zero-order valence-corrected chi connectivity index (χ0v) is 13.3. The smallest absolute Gasteiger partial charge is 0.307 e. The summed E-state index contributed by atoms with van der Waals surface area (Å²) in [6.07, 6.45) is 4.97. The van der Waals surface area contributed by atoms with Gasteiger partial charge in [-0.1, -0.05) is 0 Å². The number of hydrogen-bond donors (Lipinski definition) is 1. The largest absolute Gasteiger partial charge is 0.494 e. The van der Waals surface area contributed by atoms with Gasteiger partial charge in [-0.3, -0.25) is 14.8 Å². The third-order valence-electron chi connectivity index (χ3n) is 3.37. The predicted molar refractivity (Wildman–Crippen MR) is 87.1 cm³/mol. The first-order chi connectivity index (χ1) is 12.0. The Morgan fingerprint density at radius 3 is 2.84 bits per heavy atom. The minimum Gasteiger partial charge on any atom is -0.494 e. The van der Waals surface area contributed by atoms with E-state index in [0.29, 0.717) is 5.69 Å². The molecule has 2 heterocycles. The molecule has 0 atom stereocenters. The van der Waals surface area contributed by atoms with E-state index in [1.807, 2.05) is 0 Å². The van der Waals surface area contributed by atoms with Gasteiger partial charge in [0, 0.05) is 37.1 Å². The first-order valence-corrected chi connectivity index (χ1v) is 7.09. The number of methoxy groups -OCH3 is 1. The molecule has 3 aromatic rings. The summed E-state index contributed by atoms with van der Waals surface area (Å²) in [4.78, 5) is 18.5. The summed E-state index contributed by atoms with van der Waals surface area (Å²) in [5.74, 6) is -0.712. The van der Waals surface area contributed by atoms with Crippen molar-refractivity contribution < 1.29 is 14.1 Å². The van der Waals surface area contributed by atoms with E-state index >= 15 is 0 Å². The zero-order valence-electron chi connectivity index (χ0n) is 13.3. The SMILES string of the molecule is COc1cc(F)c([N+](=O)[O-])cc1Nc1nccc(-c2cnn(C)c2)n1. The maximum atomic E-state index is 13.7. The minimum atomic E-state index is -0.988. The van der Waals surface area contributed by atoms with Crippen molar-refractivity contribution >= 4 is 17.3 Å². The maximum absolute atomic E-state index is 13.7. The van der Waals surface area contributed by atoms with Crippen molar-refractivity contribution in [3.05, 3.63) is 52.7 Å². The van der Waals surface area contributed by atoms with Crippen molar-refractivity contribution in [1.82, 2.24) is 19.7 Å². The van der Waals surface area contributed by atoms with Crippen molar-refractivity contribution in [2.45, 2.75) is 0 Å². The number of nitro benzene ring substituents is 1. The fourth-order valence-electron chi connectivity index (χ4n) is 2.20. The number of aryl methyl sites for hydroxylation is 1. The molecule has 9 nitrogen and oxygen atoms in total. The number of rotatable bonds is 5. The van der Waals surface area contributed by atoms with Gasteiger partial charge in [0.05, 0.1) is 29.6 Å². The van der Waals surface area contributed by atoms with Gasteiger partial charge in [-0.05, 0) is 6.07 Å². The van der Waals surface area contributed by atoms with E-state index in [1.54, 1.807) is 30.2 Å². The number of nitrogens with one attached hydrogen (secondary N) is 1. The van der Waals surface area contributed by atoms with Crippen LogP contribution in [0.4, 0.5) is 21.7 Å². The van der Waals surface area contributed by atoms with Gasteiger partial charge in [0.15, 0.2) is 0 Å². The molecule has 0 unspecified atom stereocenters. The van der Waals surface area contributed by atoms with Crippen LogP contribution in [0.1, 0.15) is 0 Å². The summed E-state index contributed by atoms with van der Waals surface area (Å²) in [6, 6.07) is 3.67. The molecule has 0 saturated heterocycles. The Labute approximate surface area is 141 Å². The van der Waals surface area contributed by atoms with E-state index in [0.717, 1.165) is 17.7 Å². The fourth-order valence-corrected chi connectivity index (χ4v) is 2.20. The molecule has 128 valence electrons. The lowest BCUT2D eigenvalue weighted by Gasteiger charge is -2.10. The Hall–Kier alpha value is -3.56. The summed E-state index contributed by atoms with van der Waals surface area (Å²) in [5.41, 5.74) is 0.900. The molecule has 10 heteroatoms. The molecular weight excluding hydrogens is 331 g/mol. The molecule has 2 aromatic heterocycles. The number of anilines is 2. The molecule has 0 amide bonds. The van der Waals surface area contributed by atoms with Crippen LogP contribution in [-0.4, -0.2) is 31.8 Å². The first kappa shape index (κ1) is 16.3. The van der Waals surface area contributed by atoms with Crippen LogP contribution >= 0.6 is 0 Å². The van der Waals surface area contributed by atoms with Gasteiger partial charge in [0.2, 0.25) is 11.8 Å². The van der Waals surface area contributed by atoms with Gasteiger partial charge in [0.25, 0.3) is 0 Å². The van der Waals surface area contributed by atoms with Gasteiger partial charge in [-0.15, -0.1) is 0 Å². The highest BCUT2D eigenvalue weighted by Crippen LogP contribution is 2.33. The summed E-state index contributed by atoms with van der Waals surface area (Å²) < 4.78 is 20.4. The van der Waals surface area contributed by atoms with Crippen LogP contribution in [0, 0.1) is 15.9 Å². The number of benzene rings is 1. The molecule has 3 rings (SSSR count). The summed E-state index contributed by atoms with van der Waals surface area (Å²) in [7, 11) is 3.12. The molecule has 0 aliphatic carbocycles. The van der Waals surface area contributed by atoms with Gasteiger partial charge in [0.1, 0.15) is 5.75 Å². The predicted octanol–water partition coefficient (Wildman–Crippen LogP) is 2.68. The third-order valence-corrected chi connectivity index (χ3v) is 3.37. The monoisotopic (exact) mass is 344 g/mol. The molecule has 0 spiro atoms. The molecule has 0 fully saturated rings. The molecule has 0 bridgehead atoms. The van der Waals surface area contributed by atoms with Crippen LogP contribution < -0.4 is 10.1 Å². The maximum Gasteiger partial charge on any atom is 0.307 e.